The normalized spacial score (nSPS) is 21.6. The van der Waals surface area contributed by atoms with Crippen molar-refractivity contribution in [1.29, 1.82) is 0 Å². The number of benzene rings is 1. The molecule has 18 heavy (non-hydrogen) atoms. The molecule has 2 rings (SSSR count). The van der Waals surface area contributed by atoms with Crippen molar-refractivity contribution in [3.63, 3.8) is 0 Å². The molecule has 0 N–H and O–H groups in total. The summed E-state index contributed by atoms with van der Waals surface area (Å²) in [6, 6.07) is 7.93. The molecule has 1 aliphatic rings. The number of rotatable bonds is 3. The predicted octanol–water partition coefficient (Wildman–Crippen LogP) is 4.15. The smallest absolute Gasteiger partial charge is 0.126 e. The fraction of sp³-hybridized carbons (Fsp3) is 0.286. The van der Waals surface area contributed by atoms with Crippen molar-refractivity contribution in [3.8, 4) is 5.75 Å². The fourth-order valence-electron chi connectivity index (χ4n) is 1.98. The third-order valence-corrected chi connectivity index (χ3v) is 3.81. The quantitative estimate of drug-likeness (QED) is 0.585. The summed E-state index contributed by atoms with van der Waals surface area (Å²) in [7, 11) is 3.38. The van der Waals surface area contributed by atoms with E-state index in [1.54, 1.807) is 14.2 Å². The first-order chi connectivity index (χ1) is 8.57. The summed E-state index contributed by atoms with van der Waals surface area (Å²) in [6.07, 6.45) is 6.05. The van der Waals surface area contributed by atoms with Gasteiger partial charge in [-0.05, 0) is 17.7 Å². The number of hydrogen-bond donors (Lipinski definition) is 0. The lowest BCUT2D eigenvalue weighted by Crippen LogP contribution is -2.19. The molecule has 0 radical (unpaired) electrons. The van der Waals surface area contributed by atoms with Crippen LogP contribution in [0.2, 0.25) is 0 Å². The third-order valence-electron chi connectivity index (χ3n) is 2.82. The van der Waals surface area contributed by atoms with Crippen LogP contribution in [-0.4, -0.2) is 23.6 Å². The maximum Gasteiger partial charge on any atom is 0.126 e. The summed E-state index contributed by atoms with van der Waals surface area (Å²) >= 11 is 7.18. The molecule has 4 heteroatoms. The molecule has 0 heterocycles. The standard InChI is InChI=1S/C14H14Br2O2/c1-17-12-6-4-3-5-10(12)11-9-14(15,16)8-7-13(11)18-2/h3-9,13H,1-2H3. The number of hydrogen-bond acceptors (Lipinski definition) is 2. The molecule has 0 amide bonds. The molecule has 1 aliphatic carbocycles. The number of para-hydroxylation sites is 1. The first-order valence-corrected chi connectivity index (χ1v) is 7.12. The van der Waals surface area contributed by atoms with Crippen LogP contribution < -0.4 is 4.74 Å². The summed E-state index contributed by atoms with van der Waals surface area (Å²) < 4.78 is 10.6. The Morgan fingerprint density at radius 3 is 2.56 bits per heavy atom. The van der Waals surface area contributed by atoms with E-state index in [1.165, 1.54) is 0 Å². The van der Waals surface area contributed by atoms with Gasteiger partial charge in [-0.3, -0.25) is 0 Å². The Morgan fingerprint density at radius 2 is 1.89 bits per heavy atom. The highest BCUT2D eigenvalue weighted by atomic mass is 79.9. The number of ether oxygens (including phenoxy) is 2. The Kier molecular flexibility index (Phi) is 4.30. The molecular formula is C14H14Br2O2. The van der Waals surface area contributed by atoms with Gasteiger partial charge in [0.05, 0.1) is 7.11 Å². The van der Waals surface area contributed by atoms with Gasteiger partial charge >= 0.3 is 0 Å². The van der Waals surface area contributed by atoms with E-state index in [4.69, 9.17) is 9.47 Å². The topological polar surface area (TPSA) is 18.5 Å². The minimum absolute atomic E-state index is 0.0653. The van der Waals surface area contributed by atoms with Crippen molar-refractivity contribution in [2.75, 3.05) is 14.2 Å². The first-order valence-electron chi connectivity index (χ1n) is 5.53. The van der Waals surface area contributed by atoms with Crippen molar-refractivity contribution in [2.45, 2.75) is 9.34 Å². The van der Waals surface area contributed by atoms with Crippen molar-refractivity contribution in [3.05, 3.63) is 48.1 Å². The third kappa shape index (κ3) is 2.87. The zero-order chi connectivity index (χ0) is 13.2. The van der Waals surface area contributed by atoms with Gasteiger partial charge in [0.25, 0.3) is 0 Å². The highest BCUT2D eigenvalue weighted by molar-refractivity contribution is 9.25. The van der Waals surface area contributed by atoms with E-state index < -0.39 is 0 Å². The molecular weight excluding hydrogens is 360 g/mol. The molecule has 1 atom stereocenters. The van der Waals surface area contributed by atoms with Crippen LogP contribution in [0.4, 0.5) is 0 Å². The maximum absolute atomic E-state index is 5.50. The van der Waals surface area contributed by atoms with Gasteiger partial charge in [0.1, 0.15) is 15.1 Å². The summed E-state index contributed by atoms with van der Waals surface area (Å²) in [4.78, 5) is 0. The molecule has 1 aromatic carbocycles. The minimum Gasteiger partial charge on any atom is -0.496 e. The van der Waals surface area contributed by atoms with Crippen molar-refractivity contribution < 1.29 is 9.47 Å². The number of halogens is 2. The predicted molar refractivity (Wildman–Crippen MR) is 81.5 cm³/mol. The lowest BCUT2D eigenvalue weighted by Gasteiger charge is -2.26. The van der Waals surface area contributed by atoms with Gasteiger partial charge in [-0.15, -0.1) is 0 Å². The van der Waals surface area contributed by atoms with Crippen LogP contribution in [0.1, 0.15) is 5.56 Å². The van der Waals surface area contributed by atoms with Crippen molar-refractivity contribution in [1.82, 2.24) is 0 Å². The molecule has 0 spiro atoms. The lowest BCUT2D eigenvalue weighted by atomic mass is 9.94. The molecule has 0 fully saturated rings. The van der Waals surface area contributed by atoms with Gasteiger partial charge in [-0.2, -0.15) is 0 Å². The molecule has 1 unspecified atom stereocenters. The van der Waals surface area contributed by atoms with E-state index in [2.05, 4.69) is 37.9 Å². The van der Waals surface area contributed by atoms with E-state index in [0.29, 0.717) is 0 Å². The summed E-state index contributed by atoms with van der Waals surface area (Å²) in [5, 5.41) is 0. The minimum atomic E-state index is -0.328. The fourth-order valence-corrected chi connectivity index (χ4v) is 2.78. The second-order valence-electron chi connectivity index (χ2n) is 3.99. The van der Waals surface area contributed by atoms with Gasteiger partial charge in [0.2, 0.25) is 0 Å². The highest BCUT2D eigenvalue weighted by Crippen LogP contribution is 2.40. The Balaban J connectivity index is 2.49. The number of alkyl halides is 2. The SMILES string of the molecule is COc1ccccc1C1=CC(Br)(Br)C=CC1OC. The van der Waals surface area contributed by atoms with Gasteiger partial charge < -0.3 is 9.47 Å². The van der Waals surface area contributed by atoms with E-state index in [9.17, 15) is 0 Å². The molecule has 0 bridgehead atoms. The molecule has 0 aromatic heterocycles. The summed E-state index contributed by atoms with van der Waals surface area (Å²) in [5.41, 5.74) is 2.12. The largest absolute Gasteiger partial charge is 0.496 e. The van der Waals surface area contributed by atoms with Crippen LogP contribution >= 0.6 is 31.9 Å². The molecule has 0 saturated heterocycles. The highest BCUT2D eigenvalue weighted by Gasteiger charge is 2.27. The zero-order valence-electron chi connectivity index (χ0n) is 10.2. The van der Waals surface area contributed by atoms with Crippen LogP contribution in [0.3, 0.4) is 0 Å². The first kappa shape index (κ1) is 13.8. The second-order valence-corrected chi connectivity index (χ2v) is 7.68. The van der Waals surface area contributed by atoms with Crippen molar-refractivity contribution >= 4 is 37.4 Å². The Morgan fingerprint density at radius 1 is 1.17 bits per heavy atom. The molecule has 96 valence electrons. The van der Waals surface area contributed by atoms with Gasteiger partial charge in [0, 0.05) is 12.7 Å². The van der Waals surface area contributed by atoms with Crippen LogP contribution in [0.5, 0.6) is 5.75 Å². The molecule has 0 saturated carbocycles. The van der Waals surface area contributed by atoms with E-state index in [1.807, 2.05) is 36.4 Å². The maximum atomic E-state index is 5.50. The lowest BCUT2D eigenvalue weighted by molar-refractivity contribution is 0.183. The van der Waals surface area contributed by atoms with Crippen LogP contribution in [0.15, 0.2) is 42.5 Å². The van der Waals surface area contributed by atoms with Crippen LogP contribution in [0.25, 0.3) is 5.57 Å². The van der Waals surface area contributed by atoms with Crippen LogP contribution in [-0.2, 0) is 4.74 Å². The average molecular weight is 374 g/mol. The second kappa shape index (κ2) is 5.59. The van der Waals surface area contributed by atoms with Crippen molar-refractivity contribution in [2.24, 2.45) is 0 Å². The zero-order valence-corrected chi connectivity index (χ0v) is 13.4. The number of methoxy groups -OCH3 is 2. The molecule has 1 aromatic rings. The van der Waals surface area contributed by atoms with E-state index in [-0.39, 0.29) is 9.34 Å². The molecule has 0 aliphatic heterocycles. The average Bonchev–Trinajstić information content (AvgIpc) is 2.37. The van der Waals surface area contributed by atoms with E-state index >= 15 is 0 Å². The summed E-state index contributed by atoms with van der Waals surface area (Å²) in [6.45, 7) is 0. The van der Waals surface area contributed by atoms with Crippen LogP contribution in [0, 0.1) is 0 Å². The van der Waals surface area contributed by atoms with Gasteiger partial charge in [-0.25, -0.2) is 0 Å². The summed E-state index contributed by atoms with van der Waals surface area (Å²) in [5.74, 6) is 0.844. The van der Waals surface area contributed by atoms with E-state index in [0.717, 1.165) is 16.9 Å². The Labute approximate surface area is 124 Å². The Bertz CT molecular complexity index is 492. The molecule has 2 nitrogen and oxygen atoms in total. The Hall–Kier alpha value is -0.580. The number of allylic oxidation sites excluding steroid dienone is 2. The van der Waals surface area contributed by atoms with Gasteiger partial charge in [-0.1, -0.05) is 62.2 Å². The monoisotopic (exact) mass is 372 g/mol. The van der Waals surface area contributed by atoms with Gasteiger partial charge in [0.15, 0.2) is 0 Å².